The maximum absolute atomic E-state index is 5.10. The zero-order valence-electron chi connectivity index (χ0n) is 12.8. The lowest BCUT2D eigenvalue weighted by Crippen LogP contribution is -2.43. The Kier molecular flexibility index (Phi) is 8.83. The van der Waals surface area contributed by atoms with Gasteiger partial charge in [0.05, 0.1) is 6.61 Å². The van der Waals surface area contributed by atoms with E-state index in [-0.39, 0.29) is 0 Å². The standard InChI is InChI=1S/C12H26N2O.C2H6/c1-12(5-7-13(2)8-6-12)11-14(3)9-10-15-4;1-2/h5-11H2,1-4H3;1-2H3. The maximum atomic E-state index is 5.10. The Labute approximate surface area is 108 Å². The number of nitrogens with zero attached hydrogens (tertiary/aromatic N) is 2. The van der Waals surface area contributed by atoms with Gasteiger partial charge in [-0.1, -0.05) is 20.8 Å². The monoisotopic (exact) mass is 244 g/mol. The van der Waals surface area contributed by atoms with Gasteiger partial charge in [-0.15, -0.1) is 0 Å². The van der Waals surface area contributed by atoms with Crippen LogP contribution in [-0.4, -0.2) is 63.8 Å². The van der Waals surface area contributed by atoms with Crippen molar-refractivity contribution in [1.29, 1.82) is 0 Å². The van der Waals surface area contributed by atoms with Gasteiger partial charge in [-0.25, -0.2) is 0 Å². The van der Waals surface area contributed by atoms with Gasteiger partial charge in [-0.2, -0.15) is 0 Å². The second-order valence-electron chi connectivity index (χ2n) is 5.34. The van der Waals surface area contributed by atoms with Crippen LogP contribution in [0.25, 0.3) is 0 Å². The Hall–Kier alpha value is -0.120. The first-order chi connectivity index (χ1) is 8.06. The number of hydrogen-bond acceptors (Lipinski definition) is 3. The number of likely N-dealkylation sites (N-methyl/N-ethyl adjacent to an activating group) is 1. The van der Waals surface area contributed by atoms with E-state index in [2.05, 4.69) is 30.8 Å². The number of ether oxygens (including phenoxy) is 1. The number of hydrogen-bond donors (Lipinski definition) is 0. The molecule has 104 valence electrons. The van der Waals surface area contributed by atoms with Gasteiger partial charge < -0.3 is 14.5 Å². The molecule has 0 aromatic heterocycles. The van der Waals surface area contributed by atoms with Gasteiger partial charge in [0.25, 0.3) is 0 Å². The molecule has 1 heterocycles. The topological polar surface area (TPSA) is 15.7 Å². The Morgan fingerprint density at radius 3 is 2.24 bits per heavy atom. The van der Waals surface area contributed by atoms with E-state index >= 15 is 0 Å². The van der Waals surface area contributed by atoms with Gasteiger partial charge in [0.2, 0.25) is 0 Å². The molecule has 0 spiro atoms. The molecule has 0 bridgehead atoms. The Bertz CT molecular complexity index is 177. The number of likely N-dealkylation sites (tertiary alicyclic amines) is 1. The van der Waals surface area contributed by atoms with Gasteiger partial charge in [-0.3, -0.25) is 0 Å². The van der Waals surface area contributed by atoms with E-state index in [0.717, 1.165) is 13.2 Å². The molecule has 1 saturated heterocycles. The van der Waals surface area contributed by atoms with Crippen molar-refractivity contribution in [2.45, 2.75) is 33.6 Å². The van der Waals surface area contributed by atoms with E-state index in [0.29, 0.717) is 5.41 Å². The summed E-state index contributed by atoms with van der Waals surface area (Å²) in [6.07, 6.45) is 2.64. The van der Waals surface area contributed by atoms with Crippen molar-refractivity contribution < 1.29 is 4.74 Å². The molecule has 0 atom stereocenters. The molecule has 0 unspecified atom stereocenters. The first kappa shape index (κ1) is 16.9. The third-order valence-electron chi connectivity index (χ3n) is 3.52. The van der Waals surface area contributed by atoms with Crippen molar-refractivity contribution in [2.24, 2.45) is 5.41 Å². The molecule has 1 aliphatic rings. The Balaban J connectivity index is 0.00000121. The molecule has 0 amide bonds. The summed E-state index contributed by atoms with van der Waals surface area (Å²) in [6, 6.07) is 0. The average Bonchev–Trinajstić information content (AvgIpc) is 2.33. The van der Waals surface area contributed by atoms with E-state index in [1.54, 1.807) is 7.11 Å². The number of piperidine rings is 1. The predicted octanol–water partition coefficient (Wildman–Crippen LogP) is 2.32. The average molecular weight is 244 g/mol. The predicted molar refractivity (Wildman–Crippen MR) is 75.6 cm³/mol. The smallest absolute Gasteiger partial charge is 0.0589 e. The molecule has 0 saturated carbocycles. The summed E-state index contributed by atoms with van der Waals surface area (Å²) in [7, 11) is 6.18. The van der Waals surface area contributed by atoms with Crippen LogP contribution in [0.3, 0.4) is 0 Å². The lowest BCUT2D eigenvalue weighted by molar-refractivity contribution is 0.0824. The van der Waals surface area contributed by atoms with Crippen LogP contribution < -0.4 is 0 Å². The molecule has 1 aliphatic heterocycles. The summed E-state index contributed by atoms with van der Waals surface area (Å²) in [4.78, 5) is 4.83. The highest BCUT2D eigenvalue weighted by Gasteiger charge is 2.29. The second kappa shape index (κ2) is 8.90. The van der Waals surface area contributed by atoms with Crippen LogP contribution in [0.5, 0.6) is 0 Å². The van der Waals surface area contributed by atoms with Crippen LogP contribution in [0.1, 0.15) is 33.6 Å². The first-order valence-corrected chi connectivity index (χ1v) is 6.92. The molecular formula is C14H32N2O. The van der Waals surface area contributed by atoms with Gasteiger partial charge in [-0.05, 0) is 45.4 Å². The zero-order chi connectivity index (χ0) is 13.3. The van der Waals surface area contributed by atoms with Crippen molar-refractivity contribution in [2.75, 3.05) is 54.0 Å². The normalized spacial score (nSPS) is 19.9. The summed E-state index contributed by atoms with van der Waals surface area (Å²) >= 11 is 0. The molecular weight excluding hydrogens is 212 g/mol. The molecule has 3 nitrogen and oxygen atoms in total. The van der Waals surface area contributed by atoms with E-state index in [1.807, 2.05) is 13.8 Å². The van der Waals surface area contributed by atoms with Gasteiger partial charge in [0.1, 0.15) is 0 Å². The lowest BCUT2D eigenvalue weighted by Gasteiger charge is -2.40. The molecule has 3 heteroatoms. The zero-order valence-corrected chi connectivity index (χ0v) is 12.8. The summed E-state index contributed by atoms with van der Waals surface area (Å²) in [5.74, 6) is 0. The first-order valence-electron chi connectivity index (χ1n) is 6.92. The molecule has 0 N–H and O–H groups in total. The fraction of sp³-hybridized carbons (Fsp3) is 1.00. The molecule has 17 heavy (non-hydrogen) atoms. The third-order valence-corrected chi connectivity index (χ3v) is 3.52. The van der Waals surface area contributed by atoms with E-state index in [1.165, 1.54) is 32.5 Å². The van der Waals surface area contributed by atoms with Crippen LogP contribution in [0, 0.1) is 5.41 Å². The Morgan fingerprint density at radius 2 is 1.76 bits per heavy atom. The summed E-state index contributed by atoms with van der Waals surface area (Å²) < 4.78 is 5.10. The molecule has 1 rings (SSSR count). The van der Waals surface area contributed by atoms with Crippen molar-refractivity contribution in [3.8, 4) is 0 Å². The molecule has 0 aliphatic carbocycles. The maximum Gasteiger partial charge on any atom is 0.0589 e. The van der Waals surface area contributed by atoms with Crippen LogP contribution in [0.15, 0.2) is 0 Å². The van der Waals surface area contributed by atoms with Crippen LogP contribution in [0.2, 0.25) is 0 Å². The van der Waals surface area contributed by atoms with Crippen molar-refractivity contribution in [1.82, 2.24) is 9.80 Å². The fourth-order valence-corrected chi connectivity index (χ4v) is 2.29. The van der Waals surface area contributed by atoms with E-state index in [9.17, 15) is 0 Å². The van der Waals surface area contributed by atoms with Crippen LogP contribution in [0.4, 0.5) is 0 Å². The minimum Gasteiger partial charge on any atom is -0.383 e. The fourth-order valence-electron chi connectivity index (χ4n) is 2.29. The van der Waals surface area contributed by atoms with Gasteiger partial charge >= 0.3 is 0 Å². The SMILES string of the molecule is CC.COCCN(C)CC1(C)CCN(C)CC1. The summed E-state index contributed by atoms with van der Waals surface area (Å²) in [6.45, 7) is 12.0. The lowest BCUT2D eigenvalue weighted by atomic mass is 9.80. The summed E-state index contributed by atoms with van der Waals surface area (Å²) in [5.41, 5.74) is 0.509. The van der Waals surface area contributed by atoms with Crippen molar-refractivity contribution in [3.05, 3.63) is 0 Å². The van der Waals surface area contributed by atoms with Crippen molar-refractivity contribution in [3.63, 3.8) is 0 Å². The number of rotatable bonds is 5. The van der Waals surface area contributed by atoms with E-state index in [4.69, 9.17) is 4.74 Å². The molecule has 1 fully saturated rings. The van der Waals surface area contributed by atoms with Gasteiger partial charge in [0, 0.05) is 20.2 Å². The minimum absolute atomic E-state index is 0.509. The summed E-state index contributed by atoms with van der Waals surface area (Å²) in [5, 5.41) is 0. The highest BCUT2D eigenvalue weighted by Crippen LogP contribution is 2.30. The third kappa shape index (κ3) is 7.02. The Morgan fingerprint density at radius 1 is 1.24 bits per heavy atom. The van der Waals surface area contributed by atoms with Crippen LogP contribution >= 0.6 is 0 Å². The molecule has 0 aromatic carbocycles. The molecule has 0 radical (unpaired) electrons. The number of methoxy groups -OCH3 is 1. The highest BCUT2D eigenvalue weighted by atomic mass is 16.5. The van der Waals surface area contributed by atoms with Crippen molar-refractivity contribution >= 4 is 0 Å². The largest absolute Gasteiger partial charge is 0.383 e. The minimum atomic E-state index is 0.509. The quantitative estimate of drug-likeness (QED) is 0.738. The second-order valence-corrected chi connectivity index (χ2v) is 5.34. The molecule has 0 aromatic rings. The highest BCUT2D eigenvalue weighted by molar-refractivity contribution is 4.83. The van der Waals surface area contributed by atoms with E-state index < -0.39 is 0 Å². The van der Waals surface area contributed by atoms with Gasteiger partial charge in [0.15, 0.2) is 0 Å². The van der Waals surface area contributed by atoms with Crippen LogP contribution in [-0.2, 0) is 4.74 Å².